The Hall–Kier alpha value is -0.750. The van der Waals surface area contributed by atoms with Crippen molar-refractivity contribution >= 4 is 11.6 Å². The van der Waals surface area contributed by atoms with E-state index in [1.807, 2.05) is 6.08 Å². The molecule has 12 heavy (non-hydrogen) atoms. The van der Waals surface area contributed by atoms with Gasteiger partial charge in [0.2, 0.25) is 0 Å². The molecule has 1 rings (SSSR count). The number of rotatable bonds is 3. The summed E-state index contributed by atoms with van der Waals surface area (Å²) in [6, 6.07) is 8.55. The molecule has 0 fully saturated rings. The molecule has 0 amide bonds. The Morgan fingerprint density at radius 1 is 1.17 bits per heavy atom. The van der Waals surface area contributed by atoms with Gasteiger partial charge in [-0.2, -0.15) is 0 Å². The van der Waals surface area contributed by atoms with Crippen molar-refractivity contribution in [1.82, 2.24) is 0 Å². The second-order valence-electron chi connectivity index (χ2n) is 2.82. The van der Waals surface area contributed by atoms with Crippen LogP contribution in [0.15, 0.2) is 36.4 Å². The molecule has 0 N–H and O–H groups in total. The summed E-state index contributed by atoms with van der Waals surface area (Å²) in [6.45, 7) is 2.10. The van der Waals surface area contributed by atoms with Gasteiger partial charge in [-0.25, -0.2) is 0 Å². The molecule has 0 atom stereocenters. The van der Waals surface area contributed by atoms with E-state index in [0.717, 1.165) is 6.42 Å². The molecular formula is C11H13Cl. The van der Waals surface area contributed by atoms with E-state index in [2.05, 4.69) is 37.3 Å². The summed E-state index contributed by atoms with van der Waals surface area (Å²) in [6.07, 6.45) is 5.05. The summed E-state index contributed by atoms with van der Waals surface area (Å²) < 4.78 is 0. The molecule has 0 radical (unpaired) electrons. The summed E-state index contributed by atoms with van der Waals surface area (Å²) >= 11 is 5.51. The predicted octanol–water partition coefficient (Wildman–Crippen LogP) is 3.33. The summed E-state index contributed by atoms with van der Waals surface area (Å²) in [7, 11) is 0. The molecule has 0 bridgehead atoms. The summed E-state index contributed by atoms with van der Waals surface area (Å²) in [4.78, 5) is 0. The third-order valence-electron chi connectivity index (χ3n) is 1.73. The molecule has 0 aliphatic carbocycles. The van der Waals surface area contributed by atoms with Crippen LogP contribution in [0.5, 0.6) is 0 Å². The molecule has 0 spiro atoms. The zero-order valence-electron chi connectivity index (χ0n) is 7.26. The highest BCUT2D eigenvalue weighted by atomic mass is 35.5. The molecule has 0 unspecified atom stereocenters. The van der Waals surface area contributed by atoms with Crippen LogP contribution in [0, 0.1) is 6.92 Å². The molecule has 64 valence electrons. The van der Waals surface area contributed by atoms with Gasteiger partial charge in [0.15, 0.2) is 0 Å². The molecule has 0 aliphatic rings. The van der Waals surface area contributed by atoms with E-state index >= 15 is 0 Å². The lowest BCUT2D eigenvalue weighted by atomic mass is 10.1. The molecular weight excluding hydrogens is 168 g/mol. The van der Waals surface area contributed by atoms with Gasteiger partial charge < -0.3 is 0 Å². The minimum atomic E-state index is 0.603. The number of alkyl halides is 1. The average molecular weight is 181 g/mol. The molecule has 0 nitrogen and oxygen atoms in total. The number of aryl methyl sites for hydroxylation is 1. The lowest BCUT2D eigenvalue weighted by molar-refractivity contribution is 1.25. The summed E-state index contributed by atoms with van der Waals surface area (Å²) in [5.74, 6) is 0.603. The van der Waals surface area contributed by atoms with Crippen LogP contribution >= 0.6 is 11.6 Å². The minimum Gasteiger partial charge on any atom is -0.122 e. The minimum absolute atomic E-state index is 0.603. The first-order valence-electron chi connectivity index (χ1n) is 4.09. The van der Waals surface area contributed by atoms with Crippen LogP contribution in [-0.2, 0) is 6.42 Å². The molecule has 0 aliphatic heterocycles. The van der Waals surface area contributed by atoms with Crippen LogP contribution in [-0.4, -0.2) is 5.88 Å². The van der Waals surface area contributed by atoms with Crippen molar-refractivity contribution in [2.75, 3.05) is 5.88 Å². The number of hydrogen-bond acceptors (Lipinski definition) is 0. The molecule has 0 heterocycles. The highest BCUT2D eigenvalue weighted by molar-refractivity contribution is 6.18. The van der Waals surface area contributed by atoms with Crippen molar-refractivity contribution in [3.63, 3.8) is 0 Å². The van der Waals surface area contributed by atoms with Gasteiger partial charge in [0.1, 0.15) is 0 Å². The second-order valence-corrected chi connectivity index (χ2v) is 3.12. The van der Waals surface area contributed by atoms with Crippen LogP contribution in [0.3, 0.4) is 0 Å². The Balaban J connectivity index is 2.53. The second kappa shape index (κ2) is 5.00. The maximum absolute atomic E-state index is 5.51. The maximum atomic E-state index is 5.51. The van der Waals surface area contributed by atoms with Gasteiger partial charge in [0.05, 0.1) is 0 Å². The van der Waals surface area contributed by atoms with Gasteiger partial charge in [-0.1, -0.05) is 42.0 Å². The number of benzene rings is 1. The lowest BCUT2D eigenvalue weighted by Gasteiger charge is -1.96. The number of allylic oxidation sites excluding steroid dienone is 2. The highest BCUT2D eigenvalue weighted by Gasteiger charge is 1.87. The van der Waals surface area contributed by atoms with Gasteiger partial charge in [-0.05, 0) is 18.9 Å². The fraction of sp³-hybridized carbons (Fsp3) is 0.273. The first-order chi connectivity index (χ1) is 5.83. The van der Waals surface area contributed by atoms with Crippen molar-refractivity contribution < 1.29 is 0 Å². The van der Waals surface area contributed by atoms with Crippen molar-refractivity contribution in [2.45, 2.75) is 13.3 Å². The van der Waals surface area contributed by atoms with E-state index in [4.69, 9.17) is 11.6 Å². The van der Waals surface area contributed by atoms with E-state index in [-0.39, 0.29) is 0 Å². The van der Waals surface area contributed by atoms with Crippen molar-refractivity contribution in [3.8, 4) is 0 Å². The zero-order valence-corrected chi connectivity index (χ0v) is 8.01. The topological polar surface area (TPSA) is 0 Å². The van der Waals surface area contributed by atoms with Crippen LogP contribution in [0.2, 0.25) is 0 Å². The zero-order chi connectivity index (χ0) is 8.81. The van der Waals surface area contributed by atoms with Crippen LogP contribution in [0.1, 0.15) is 11.1 Å². The van der Waals surface area contributed by atoms with Gasteiger partial charge in [0, 0.05) is 5.88 Å². The normalized spacial score (nSPS) is 10.8. The maximum Gasteiger partial charge on any atom is 0.0404 e. The third-order valence-corrected chi connectivity index (χ3v) is 1.91. The standard InChI is InChI=1S/C11H13Cl/c1-10-5-7-11(8-6-10)4-2-3-9-12/h2-3,5-8H,4,9H2,1H3/b3-2+. The Labute approximate surface area is 78.9 Å². The Bertz CT molecular complexity index is 246. The molecule has 1 aromatic rings. The van der Waals surface area contributed by atoms with E-state index in [1.165, 1.54) is 11.1 Å². The smallest absolute Gasteiger partial charge is 0.0404 e. The van der Waals surface area contributed by atoms with Crippen molar-refractivity contribution in [3.05, 3.63) is 47.5 Å². The molecule has 0 saturated heterocycles. The molecule has 1 heteroatoms. The van der Waals surface area contributed by atoms with Gasteiger partial charge >= 0.3 is 0 Å². The van der Waals surface area contributed by atoms with Crippen molar-refractivity contribution in [2.24, 2.45) is 0 Å². The van der Waals surface area contributed by atoms with E-state index < -0.39 is 0 Å². The summed E-state index contributed by atoms with van der Waals surface area (Å²) in [5, 5.41) is 0. The Morgan fingerprint density at radius 3 is 2.42 bits per heavy atom. The van der Waals surface area contributed by atoms with E-state index in [0.29, 0.717) is 5.88 Å². The monoisotopic (exact) mass is 180 g/mol. The van der Waals surface area contributed by atoms with E-state index in [1.54, 1.807) is 0 Å². The van der Waals surface area contributed by atoms with Crippen LogP contribution in [0.25, 0.3) is 0 Å². The van der Waals surface area contributed by atoms with Gasteiger partial charge in [0.25, 0.3) is 0 Å². The first-order valence-corrected chi connectivity index (χ1v) is 4.63. The largest absolute Gasteiger partial charge is 0.122 e. The van der Waals surface area contributed by atoms with Crippen LogP contribution < -0.4 is 0 Å². The fourth-order valence-corrected chi connectivity index (χ4v) is 1.13. The molecule has 1 aromatic carbocycles. The number of halogens is 1. The average Bonchev–Trinajstić information content (AvgIpc) is 2.09. The first kappa shape index (κ1) is 9.34. The number of hydrogen-bond donors (Lipinski definition) is 0. The Kier molecular flexibility index (Phi) is 3.89. The predicted molar refractivity (Wildman–Crippen MR) is 54.7 cm³/mol. The van der Waals surface area contributed by atoms with Gasteiger partial charge in [-0.3, -0.25) is 0 Å². The van der Waals surface area contributed by atoms with Gasteiger partial charge in [-0.15, -0.1) is 11.6 Å². The molecule has 0 aromatic heterocycles. The highest BCUT2D eigenvalue weighted by Crippen LogP contribution is 2.04. The SMILES string of the molecule is Cc1ccc(C/C=C/CCl)cc1. The third kappa shape index (κ3) is 3.10. The van der Waals surface area contributed by atoms with Crippen LogP contribution in [0.4, 0.5) is 0 Å². The summed E-state index contributed by atoms with van der Waals surface area (Å²) in [5.41, 5.74) is 2.64. The quantitative estimate of drug-likeness (QED) is 0.495. The van der Waals surface area contributed by atoms with Crippen molar-refractivity contribution in [1.29, 1.82) is 0 Å². The Morgan fingerprint density at radius 2 is 1.83 bits per heavy atom. The fourth-order valence-electron chi connectivity index (χ4n) is 1.01. The molecule has 0 saturated carbocycles. The lowest BCUT2D eigenvalue weighted by Crippen LogP contribution is -1.80. The van der Waals surface area contributed by atoms with E-state index in [9.17, 15) is 0 Å².